The van der Waals surface area contributed by atoms with E-state index in [0.717, 1.165) is 135 Å². The van der Waals surface area contributed by atoms with E-state index in [1.165, 1.54) is 96.3 Å². The number of unbranched alkanes of at least 4 members (excludes halogenated alkanes) is 24. The van der Waals surface area contributed by atoms with Gasteiger partial charge in [0, 0.05) is 19.3 Å². The lowest BCUT2D eigenvalue weighted by Gasteiger charge is -2.18. The minimum absolute atomic E-state index is 0.0833. The Morgan fingerprint density at radius 3 is 0.889 bits per heavy atom. The molecule has 1 atom stereocenters. The van der Waals surface area contributed by atoms with Gasteiger partial charge < -0.3 is 14.2 Å². The van der Waals surface area contributed by atoms with Gasteiger partial charge in [0.05, 0.1) is 0 Å². The van der Waals surface area contributed by atoms with Crippen molar-refractivity contribution in [3.05, 3.63) is 109 Å². The first-order valence-corrected chi connectivity index (χ1v) is 29.9. The maximum absolute atomic E-state index is 12.7. The summed E-state index contributed by atoms with van der Waals surface area (Å²) in [6.45, 7) is 6.39. The zero-order valence-corrected chi connectivity index (χ0v) is 46.9. The van der Waals surface area contributed by atoms with Gasteiger partial charge in [-0.25, -0.2) is 0 Å². The molecule has 0 radical (unpaired) electrons. The second-order valence-electron chi connectivity index (χ2n) is 19.5. The van der Waals surface area contributed by atoms with Crippen LogP contribution in [0.2, 0.25) is 0 Å². The lowest BCUT2D eigenvalue weighted by molar-refractivity contribution is -0.167. The number of carbonyl (C=O) groups is 3. The van der Waals surface area contributed by atoms with Gasteiger partial charge in [0.25, 0.3) is 0 Å². The van der Waals surface area contributed by atoms with E-state index < -0.39 is 6.10 Å². The average Bonchev–Trinajstić information content (AvgIpc) is 3.38. The fourth-order valence-electron chi connectivity index (χ4n) is 8.03. The van der Waals surface area contributed by atoms with Crippen LogP contribution in [0.4, 0.5) is 0 Å². The molecule has 0 aliphatic carbocycles. The van der Waals surface area contributed by atoms with E-state index >= 15 is 0 Å². The summed E-state index contributed by atoms with van der Waals surface area (Å²) in [5.74, 6) is -0.912. The molecule has 410 valence electrons. The molecule has 0 aromatic rings. The van der Waals surface area contributed by atoms with Gasteiger partial charge in [-0.15, -0.1) is 0 Å². The van der Waals surface area contributed by atoms with E-state index in [-0.39, 0.29) is 31.1 Å². The van der Waals surface area contributed by atoms with E-state index in [9.17, 15) is 14.4 Å². The van der Waals surface area contributed by atoms with E-state index in [0.29, 0.717) is 19.3 Å². The maximum Gasteiger partial charge on any atom is 0.306 e. The van der Waals surface area contributed by atoms with Crippen LogP contribution < -0.4 is 0 Å². The van der Waals surface area contributed by atoms with Gasteiger partial charge in [0.1, 0.15) is 13.2 Å². The summed E-state index contributed by atoms with van der Waals surface area (Å²) in [6, 6.07) is 0. The summed E-state index contributed by atoms with van der Waals surface area (Å²) in [5.41, 5.74) is 0. The highest BCUT2D eigenvalue weighted by atomic mass is 16.6. The summed E-state index contributed by atoms with van der Waals surface area (Å²) in [7, 11) is 0. The molecule has 0 saturated heterocycles. The standard InChI is InChI=1S/C66H110O6/c1-4-7-10-13-15-17-19-21-23-24-25-26-27-28-29-30-31-32-33-34-35-36-37-38-39-40-41-42-43-45-46-48-50-53-56-59-65(68)71-62-63(61-70-64(67)58-55-52-12-9-6-3)72-66(69)60-57-54-51-49-47-44-22-20-18-16-14-11-8-5-2/h7,10,14-17,20-23,25-26,28-29,31-32,34-35,63H,4-6,8-9,11-13,18-19,24,27,30,33,36-62H2,1-3H3/b10-7-,16-14-,17-15-,22-20-,23-21-,26-25-,29-28-,32-31-,35-34-. The SMILES string of the molecule is CC/C=C\C/C=C\C/C=C\C/C=C\C/C=C\C/C=C\C/C=C\CCCCCCCCCCCCCCCC(=O)OCC(COC(=O)CCCCCCC)OC(=O)CCCCCCC/C=C\C/C=C\CCCC. The van der Waals surface area contributed by atoms with Gasteiger partial charge in [-0.2, -0.15) is 0 Å². The van der Waals surface area contributed by atoms with Crippen LogP contribution in [0, 0.1) is 0 Å². The molecule has 0 saturated carbocycles. The molecule has 6 heteroatoms. The Kier molecular flexibility index (Phi) is 56.4. The number of ether oxygens (including phenoxy) is 3. The third-order valence-electron chi connectivity index (χ3n) is 12.5. The molecule has 0 spiro atoms. The van der Waals surface area contributed by atoms with Gasteiger partial charge in [-0.05, 0) is 103 Å². The molecule has 0 N–H and O–H groups in total. The molecule has 6 nitrogen and oxygen atoms in total. The summed E-state index contributed by atoms with van der Waals surface area (Å²) in [5, 5.41) is 0. The van der Waals surface area contributed by atoms with Crippen LogP contribution in [0.25, 0.3) is 0 Å². The number of carbonyl (C=O) groups excluding carboxylic acids is 3. The molecule has 0 heterocycles. The lowest BCUT2D eigenvalue weighted by Crippen LogP contribution is -2.30. The van der Waals surface area contributed by atoms with Crippen molar-refractivity contribution < 1.29 is 28.6 Å². The van der Waals surface area contributed by atoms with Crippen molar-refractivity contribution in [3.63, 3.8) is 0 Å². The largest absolute Gasteiger partial charge is 0.462 e. The molecule has 1 unspecified atom stereocenters. The Morgan fingerprint density at radius 1 is 0.292 bits per heavy atom. The normalized spacial score (nSPS) is 12.9. The lowest BCUT2D eigenvalue weighted by atomic mass is 10.0. The highest BCUT2D eigenvalue weighted by Gasteiger charge is 2.19. The van der Waals surface area contributed by atoms with Crippen molar-refractivity contribution in [2.75, 3.05) is 13.2 Å². The van der Waals surface area contributed by atoms with Crippen molar-refractivity contribution >= 4 is 17.9 Å². The van der Waals surface area contributed by atoms with E-state index in [2.05, 4.69) is 130 Å². The molecule has 0 aromatic heterocycles. The van der Waals surface area contributed by atoms with Gasteiger partial charge in [-0.1, -0.05) is 259 Å². The minimum atomic E-state index is -0.781. The van der Waals surface area contributed by atoms with Gasteiger partial charge in [0.2, 0.25) is 0 Å². The summed E-state index contributed by atoms with van der Waals surface area (Å²) < 4.78 is 16.7. The first-order valence-electron chi connectivity index (χ1n) is 29.9. The number of esters is 3. The van der Waals surface area contributed by atoms with Crippen molar-refractivity contribution in [3.8, 4) is 0 Å². The van der Waals surface area contributed by atoms with Crippen LogP contribution in [0.3, 0.4) is 0 Å². The molecule has 0 rings (SSSR count). The summed E-state index contributed by atoms with van der Waals surface area (Å²) >= 11 is 0. The topological polar surface area (TPSA) is 78.9 Å². The highest BCUT2D eigenvalue weighted by Crippen LogP contribution is 2.15. The minimum Gasteiger partial charge on any atom is -0.462 e. The Morgan fingerprint density at radius 2 is 0.556 bits per heavy atom. The van der Waals surface area contributed by atoms with E-state index in [4.69, 9.17) is 14.2 Å². The fraction of sp³-hybridized carbons (Fsp3) is 0.682. The number of rotatable bonds is 53. The molecular weight excluding hydrogens is 889 g/mol. The smallest absolute Gasteiger partial charge is 0.306 e. The predicted octanol–water partition coefficient (Wildman–Crippen LogP) is 20.3. The Balaban J connectivity index is 3.98. The zero-order valence-electron chi connectivity index (χ0n) is 46.9. The summed E-state index contributed by atoms with van der Waals surface area (Å²) in [4.78, 5) is 37.7. The van der Waals surface area contributed by atoms with Crippen molar-refractivity contribution in [2.45, 2.75) is 277 Å². The van der Waals surface area contributed by atoms with Gasteiger partial charge in [-0.3, -0.25) is 14.4 Å². The van der Waals surface area contributed by atoms with Crippen LogP contribution in [0.15, 0.2) is 109 Å². The molecular formula is C66H110O6. The molecule has 0 amide bonds. The van der Waals surface area contributed by atoms with E-state index in [1.807, 2.05) is 0 Å². The fourth-order valence-corrected chi connectivity index (χ4v) is 8.03. The highest BCUT2D eigenvalue weighted by molar-refractivity contribution is 5.71. The molecule has 0 aliphatic rings. The molecule has 72 heavy (non-hydrogen) atoms. The van der Waals surface area contributed by atoms with Gasteiger partial charge in [0.15, 0.2) is 6.10 Å². The maximum atomic E-state index is 12.7. The summed E-state index contributed by atoms with van der Waals surface area (Å²) in [6.07, 6.45) is 81.4. The quantitative estimate of drug-likeness (QED) is 0.0261. The van der Waals surface area contributed by atoms with Crippen LogP contribution in [0.1, 0.15) is 271 Å². The van der Waals surface area contributed by atoms with Gasteiger partial charge >= 0.3 is 17.9 Å². The first-order chi connectivity index (χ1) is 35.5. The van der Waals surface area contributed by atoms with E-state index in [1.54, 1.807) is 0 Å². The number of allylic oxidation sites excluding steroid dienone is 18. The zero-order chi connectivity index (χ0) is 52.2. The number of hydrogen-bond acceptors (Lipinski definition) is 6. The molecule has 0 bridgehead atoms. The van der Waals surface area contributed by atoms with Crippen LogP contribution in [-0.4, -0.2) is 37.2 Å². The third kappa shape index (κ3) is 57.0. The van der Waals surface area contributed by atoms with Crippen molar-refractivity contribution in [2.24, 2.45) is 0 Å². The first kappa shape index (κ1) is 68.1. The second-order valence-corrected chi connectivity index (χ2v) is 19.5. The molecule has 0 aromatic carbocycles. The van der Waals surface area contributed by atoms with Crippen LogP contribution >= 0.6 is 0 Å². The second kappa shape index (κ2) is 59.6. The van der Waals surface area contributed by atoms with Crippen molar-refractivity contribution in [1.29, 1.82) is 0 Å². The average molecular weight is 1000 g/mol. The predicted molar refractivity (Wildman–Crippen MR) is 311 cm³/mol. The Labute approximate surface area is 444 Å². The number of hydrogen-bond donors (Lipinski definition) is 0. The van der Waals surface area contributed by atoms with Crippen LogP contribution in [-0.2, 0) is 28.6 Å². The molecule has 0 aliphatic heterocycles. The van der Waals surface area contributed by atoms with Crippen LogP contribution in [0.5, 0.6) is 0 Å². The molecule has 0 fully saturated rings. The Bertz CT molecular complexity index is 1470. The third-order valence-corrected chi connectivity index (χ3v) is 12.5. The Hall–Kier alpha value is -3.93. The van der Waals surface area contributed by atoms with Crippen molar-refractivity contribution in [1.82, 2.24) is 0 Å². The monoisotopic (exact) mass is 999 g/mol.